The molecule has 0 bridgehead atoms. The lowest BCUT2D eigenvalue weighted by Gasteiger charge is -2.39. The summed E-state index contributed by atoms with van der Waals surface area (Å²) in [5, 5.41) is 4.19. The van der Waals surface area contributed by atoms with Crippen LogP contribution in [-0.4, -0.2) is 25.3 Å². The van der Waals surface area contributed by atoms with Crippen LogP contribution in [0.25, 0.3) is 0 Å². The molecular weight excluding hydrogens is 443 g/mol. The van der Waals surface area contributed by atoms with Gasteiger partial charge in [0, 0.05) is 24.3 Å². The van der Waals surface area contributed by atoms with Gasteiger partial charge in [0.25, 0.3) is 0 Å². The molecule has 0 amide bonds. The molecule has 2 atom stereocenters. The zero-order valence-corrected chi connectivity index (χ0v) is 21.3. The van der Waals surface area contributed by atoms with Gasteiger partial charge in [-0.05, 0) is 43.0 Å². The molecule has 3 heteroatoms. The van der Waals surface area contributed by atoms with E-state index < -0.39 is 7.92 Å². The average molecular weight is 477 g/mol. The third-order valence-corrected chi connectivity index (χ3v) is 9.43. The minimum atomic E-state index is -0.659. The van der Waals surface area contributed by atoms with Crippen molar-refractivity contribution in [2.45, 2.75) is 37.8 Å². The molecule has 176 valence electrons. The third kappa shape index (κ3) is 5.55. The van der Waals surface area contributed by atoms with Crippen molar-refractivity contribution in [1.82, 2.24) is 0 Å². The summed E-state index contributed by atoms with van der Waals surface area (Å²) in [4.78, 5) is 7.64. The summed E-state index contributed by atoms with van der Waals surface area (Å²) in [5.74, 6) is 0. The minimum Gasteiger partial charge on any atom is -0.369 e. The Morgan fingerprint density at radius 1 is 0.686 bits per heavy atom. The lowest BCUT2D eigenvalue weighted by molar-refractivity contribution is 0.376. The Morgan fingerprint density at radius 2 is 1.23 bits per heavy atom. The van der Waals surface area contributed by atoms with E-state index in [1.807, 2.05) is 0 Å². The number of hydrogen-bond donors (Lipinski definition) is 0. The van der Waals surface area contributed by atoms with Gasteiger partial charge in [0.15, 0.2) is 0 Å². The van der Waals surface area contributed by atoms with Crippen LogP contribution in [0, 0.1) is 0 Å². The molecule has 1 saturated carbocycles. The van der Waals surface area contributed by atoms with Crippen LogP contribution in [0.4, 0.5) is 5.69 Å². The fourth-order valence-corrected chi connectivity index (χ4v) is 7.64. The van der Waals surface area contributed by atoms with Crippen LogP contribution in [0.3, 0.4) is 0 Å². The SMILES string of the molecule is CN(c1ccccc1P(c1ccccc1)c1ccccc1)C1CCCCC1N=Cc1ccccc1. The van der Waals surface area contributed by atoms with Crippen molar-refractivity contribution in [3.8, 4) is 0 Å². The van der Waals surface area contributed by atoms with Gasteiger partial charge in [-0.1, -0.05) is 122 Å². The highest BCUT2D eigenvalue weighted by Gasteiger charge is 2.30. The first kappa shape index (κ1) is 23.5. The van der Waals surface area contributed by atoms with Crippen LogP contribution in [-0.2, 0) is 0 Å². The number of aliphatic imine (C=N–C) groups is 1. The molecule has 1 aliphatic carbocycles. The Morgan fingerprint density at radius 3 is 1.89 bits per heavy atom. The zero-order valence-electron chi connectivity index (χ0n) is 20.4. The molecule has 0 N–H and O–H groups in total. The van der Waals surface area contributed by atoms with E-state index in [1.165, 1.54) is 46.4 Å². The van der Waals surface area contributed by atoms with E-state index in [4.69, 9.17) is 4.99 Å². The second-order valence-corrected chi connectivity index (χ2v) is 11.4. The predicted molar refractivity (Wildman–Crippen MR) is 154 cm³/mol. The molecule has 4 aromatic carbocycles. The number of nitrogens with zero attached hydrogens (tertiary/aromatic N) is 2. The number of para-hydroxylation sites is 1. The smallest absolute Gasteiger partial charge is 0.0702 e. The predicted octanol–water partition coefficient (Wildman–Crippen LogP) is 6.31. The molecule has 0 aromatic heterocycles. The minimum absolute atomic E-state index is 0.307. The monoisotopic (exact) mass is 476 g/mol. The van der Waals surface area contributed by atoms with Gasteiger partial charge in [-0.2, -0.15) is 0 Å². The van der Waals surface area contributed by atoms with Gasteiger partial charge in [0.2, 0.25) is 0 Å². The summed E-state index contributed by atoms with van der Waals surface area (Å²) >= 11 is 0. The van der Waals surface area contributed by atoms with Crippen LogP contribution < -0.4 is 20.8 Å². The standard InChI is InChI=1S/C32H33N2P/c1-34(30-22-12-11-21-29(30)33-25-26-15-5-2-6-16-26)31-23-13-14-24-32(31)35(27-17-7-3-8-18-27)28-19-9-4-10-20-28/h2-10,13-20,23-25,29-30H,11-12,21-22H2,1H3. The maximum atomic E-state index is 5.11. The number of anilines is 1. The van der Waals surface area contributed by atoms with E-state index in [-0.39, 0.29) is 0 Å². The molecule has 0 heterocycles. The Hall–Kier alpha value is -3.22. The number of likely N-dealkylation sites (N-methyl/N-ethyl adjacent to an activating group) is 1. The van der Waals surface area contributed by atoms with E-state index in [9.17, 15) is 0 Å². The molecule has 0 spiro atoms. The maximum absolute atomic E-state index is 5.11. The first-order valence-corrected chi connectivity index (χ1v) is 14.0. The fraction of sp³-hybridized carbons (Fsp3) is 0.219. The number of hydrogen-bond acceptors (Lipinski definition) is 2. The van der Waals surface area contributed by atoms with Crippen molar-refractivity contribution >= 4 is 35.7 Å². The van der Waals surface area contributed by atoms with Gasteiger partial charge in [-0.15, -0.1) is 0 Å². The molecule has 35 heavy (non-hydrogen) atoms. The fourth-order valence-electron chi connectivity index (χ4n) is 5.15. The largest absolute Gasteiger partial charge is 0.369 e. The van der Waals surface area contributed by atoms with Crippen molar-refractivity contribution in [2.75, 3.05) is 11.9 Å². The van der Waals surface area contributed by atoms with Gasteiger partial charge in [0.05, 0.1) is 12.1 Å². The van der Waals surface area contributed by atoms with E-state index in [2.05, 4.69) is 133 Å². The Bertz CT molecular complexity index is 1180. The molecule has 5 rings (SSSR count). The van der Waals surface area contributed by atoms with Crippen LogP contribution >= 0.6 is 7.92 Å². The molecule has 0 radical (unpaired) electrons. The second kappa shape index (κ2) is 11.5. The van der Waals surface area contributed by atoms with Crippen molar-refractivity contribution in [3.05, 3.63) is 121 Å². The van der Waals surface area contributed by atoms with Crippen LogP contribution in [0.2, 0.25) is 0 Å². The van der Waals surface area contributed by atoms with E-state index in [1.54, 1.807) is 0 Å². The topological polar surface area (TPSA) is 15.6 Å². The van der Waals surface area contributed by atoms with Gasteiger partial charge in [0.1, 0.15) is 0 Å². The van der Waals surface area contributed by atoms with E-state index >= 15 is 0 Å². The Labute approximate surface area is 211 Å². The first-order valence-electron chi connectivity index (χ1n) is 12.6. The lowest BCUT2D eigenvalue weighted by atomic mass is 9.89. The number of benzene rings is 4. The first-order chi connectivity index (χ1) is 17.3. The summed E-state index contributed by atoms with van der Waals surface area (Å²) in [7, 11) is 1.62. The number of rotatable bonds is 7. The molecule has 4 aromatic rings. The Kier molecular flexibility index (Phi) is 7.71. The summed E-state index contributed by atoms with van der Waals surface area (Å²) in [6.07, 6.45) is 6.91. The zero-order chi connectivity index (χ0) is 23.9. The molecule has 2 nitrogen and oxygen atoms in total. The van der Waals surface area contributed by atoms with Crippen LogP contribution in [0.1, 0.15) is 31.2 Å². The molecular formula is C32H33N2P. The van der Waals surface area contributed by atoms with Crippen molar-refractivity contribution in [1.29, 1.82) is 0 Å². The highest BCUT2D eigenvalue weighted by atomic mass is 31.1. The summed E-state index contributed by atoms with van der Waals surface area (Å²) in [6.45, 7) is 0. The van der Waals surface area contributed by atoms with Gasteiger partial charge in [-0.25, -0.2) is 0 Å². The molecule has 1 aliphatic rings. The second-order valence-electron chi connectivity index (χ2n) is 9.21. The molecule has 0 saturated heterocycles. The van der Waals surface area contributed by atoms with Gasteiger partial charge < -0.3 is 4.90 Å². The van der Waals surface area contributed by atoms with Crippen LogP contribution in [0.5, 0.6) is 0 Å². The van der Waals surface area contributed by atoms with E-state index in [0.29, 0.717) is 12.1 Å². The normalized spacial score (nSPS) is 18.1. The van der Waals surface area contributed by atoms with Crippen molar-refractivity contribution in [3.63, 3.8) is 0 Å². The molecule has 2 unspecified atom stereocenters. The lowest BCUT2D eigenvalue weighted by Crippen LogP contribution is -2.44. The maximum Gasteiger partial charge on any atom is 0.0702 e. The third-order valence-electron chi connectivity index (χ3n) is 6.94. The highest BCUT2D eigenvalue weighted by Crippen LogP contribution is 2.38. The van der Waals surface area contributed by atoms with Crippen molar-refractivity contribution in [2.24, 2.45) is 4.99 Å². The van der Waals surface area contributed by atoms with E-state index in [0.717, 1.165) is 6.42 Å². The highest BCUT2D eigenvalue weighted by molar-refractivity contribution is 7.80. The average Bonchev–Trinajstić information content (AvgIpc) is 2.94. The van der Waals surface area contributed by atoms with Gasteiger partial charge >= 0.3 is 0 Å². The molecule has 1 fully saturated rings. The van der Waals surface area contributed by atoms with Gasteiger partial charge in [-0.3, -0.25) is 4.99 Å². The quantitative estimate of drug-likeness (QED) is 0.225. The summed E-state index contributed by atoms with van der Waals surface area (Å²) in [5.41, 5.74) is 2.51. The Balaban J connectivity index is 1.51. The summed E-state index contributed by atoms with van der Waals surface area (Å²) in [6, 6.07) is 42.2. The molecule has 0 aliphatic heterocycles. The van der Waals surface area contributed by atoms with Crippen LogP contribution in [0.15, 0.2) is 120 Å². The van der Waals surface area contributed by atoms with Crippen molar-refractivity contribution < 1.29 is 0 Å². The summed E-state index contributed by atoms with van der Waals surface area (Å²) < 4.78 is 0.